The zero-order valence-electron chi connectivity index (χ0n) is 14.9. The molecule has 1 aliphatic heterocycles. The molecule has 0 unspecified atom stereocenters. The van der Waals surface area contributed by atoms with Gasteiger partial charge in [0.05, 0.1) is 5.69 Å². The number of para-hydroxylation sites is 1. The van der Waals surface area contributed by atoms with E-state index >= 15 is 0 Å². The largest absolute Gasteiger partial charge is 0.397 e. The topological polar surface area (TPSA) is 71.0 Å². The van der Waals surface area contributed by atoms with Crippen LogP contribution >= 0.6 is 0 Å². The molecule has 2 aromatic rings. The second kappa shape index (κ2) is 7.58. The third-order valence-corrected chi connectivity index (χ3v) is 4.89. The van der Waals surface area contributed by atoms with Crippen LogP contribution in [0.3, 0.4) is 0 Å². The van der Waals surface area contributed by atoms with Gasteiger partial charge in [0.1, 0.15) is 12.2 Å². The first-order chi connectivity index (χ1) is 12.7. The van der Waals surface area contributed by atoms with Crippen molar-refractivity contribution in [2.75, 3.05) is 13.1 Å². The van der Waals surface area contributed by atoms with Crippen LogP contribution in [-0.2, 0) is 11.2 Å². The maximum Gasteiger partial charge on any atom is 0.397 e. The van der Waals surface area contributed by atoms with Crippen LogP contribution in [0.2, 0.25) is 0 Å². The molecule has 3 rings (SSSR count). The molecule has 1 saturated heterocycles. The van der Waals surface area contributed by atoms with Gasteiger partial charge in [0.25, 0.3) is 0 Å². The van der Waals surface area contributed by atoms with E-state index in [1.807, 2.05) is 31.2 Å². The van der Waals surface area contributed by atoms with E-state index < -0.39 is 18.5 Å². The normalized spacial score (nSPS) is 15.9. The molecule has 1 fully saturated rings. The Morgan fingerprint density at radius 2 is 1.93 bits per heavy atom. The molecule has 146 valence electrons. The molecule has 2 heterocycles. The summed E-state index contributed by atoms with van der Waals surface area (Å²) in [5.74, 6) is -0.134. The van der Waals surface area contributed by atoms with E-state index in [1.54, 1.807) is 0 Å². The van der Waals surface area contributed by atoms with Crippen molar-refractivity contribution in [3.05, 3.63) is 46.1 Å². The van der Waals surface area contributed by atoms with E-state index in [4.69, 9.17) is 0 Å². The number of aryl methyl sites for hydroxylation is 1. The van der Waals surface area contributed by atoms with Gasteiger partial charge in [-0.2, -0.15) is 18.3 Å². The molecule has 9 heteroatoms. The number of H-pyrrole nitrogens is 1. The summed E-state index contributed by atoms with van der Waals surface area (Å²) in [6.45, 7) is 2.49. The van der Waals surface area contributed by atoms with Crippen molar-refractivity contribution in [2.24, 2.45) is 5.92 Å². The third kappa shape index (κ3) is 4.58. The average Bonchev–Trinajstić information content (AvgIpc) is 2.95. The minimum absolute atomic E-state index is 0.151. The summed E-state index contributed by atoms with van der Waals surface area (Å²) >= 11 is 0. The molecule has 1 N–H and O–H groups in total. The molecule has 0 atom stereocenters. The predicted octanol–water partition coefficient (Wildman–Crippen LogP) is 2.60. The number of carbonyl (C=O) groups excluding carboxylic acids is 1. The lowest BCUT2D eigenvalue weighted by Gasteiger charge is -2.32. The second-order valence-electron chi connectivity index (χ2n) is 6.89. The van der Waals surface area contributed by atoms with Gasteiger partial charge in [0.2, 0.25) is 5.91 Å². The summed E-state index contributed by atoms with van der Waals surface area (Å²) in [6.07, 6.45) is -4.21. The van der Waals surface area contributed by atoms with Crippen LogP contribution in [0.15, 0.2) is 29.1 Å². The predicted molar refractivity (Wildman–Crippen MR) is 92.6 cm³/mol. The first kappa shape index (κ1) is 19.2. The van der Waals surface area contributed by atoms with Gasteiger partial charge in [0, 0.05) is 19.5 Å². The molecular formula is C18H21F3N4O2. The molecule has 1 aromatic heterocycles. The van der Waals surface area contributed by atoms with Crippen LogP contribution < -0.4 is 5.69 Å². The van der Waals surface area contributed by atoms with Gasteiger partial charge in [-0.25, -0.2) is 14.5 Å². The number of benzene rings is 1. The van der Waals surface area contributed by atoms with Crippen LogP contribution in [-0.4, -0.2) is 44.8 Å². The number of hydrogen-bond acceptors (Lipinski definition) is 3. The quantitative estimate of drug-likeness (QED) is 0.884. The lowest BCUT2D eigenvalue weighted by molar-refractivity contribution is -0.162. The molecule has 0 aliphatic carbocycles. The summed E-state index contributed by atoms with van der Waals surface area (Å²) < 4.78 is 38.7. The minimum Gasteiger partial charge on any atom is -0.342 e. The van der Waals surface area contributed by atoms with Gasteiger partial charge >= 0.3 is 11.9 Å². The highest BCUT2D eigenvalue weighted by atomic mass is 19.4. The summed E-state index contributed by atoms with van der Waals surface area (Å²) in [4.78, 5) is 25.2. The molecule has 0 radical (unpaired) electrons. The number of amides is 1. The zero-order valence-corrected chi connectivity index (χ0v) is 14.9. The Bertz CT molecular complexity index is 864. The molecular weight excluding hydrogens is 361 g/mol. The number of halogens is 3. The zero-order chi connectivity index (χ0) is 19.6. The van der Waals surface area contributed by atoms with Gasteiger partial charge in [-0.1, -0.05) is 18.2 Å². The van der Waals surface area contributed by atoms with Crippen LogP contribution in [0.4, 0.5) is 13.2 Å². The number of aromatic nitrogens is 3. The number of nitrogens with one attached hydrogen (secondary N) is 1. The first-order valence-electron chi connectivity index (χ1n) is 8.81. The van der Waals surface area contributed by atoms with Crippen LogP contribution in [0.1, 0.15) is 30.7 Å². The summed E-state index contributed by atoms with van der Waals surface area (Å²) in [5, 5.41) is 6.60. The van der Waals surface area contributed by atoms with E-state index in [1.165, 1.54) is 9.47 Å². The fourth-order valence-corrected chi connectivity index (χ4v) is 3.46. The molecule has 27 heavy (non-hydrogen) atoms. The van der Waals surface area contributed by atoms with Crippen LogP contribution in [0, 0.1) is 12.8 Å². The first-order valence-corrected chi connectivity index (χ1v) is 8.81. The van der Waals surface area contributed by atoms with Crippen molar-refractivity contribution in [3.63, 3.8) is 0 Å². The Morgan fingerprint density at radius 3 is 2.56 bits per heavy atom. The molecule has 0 bridgehead atoms. The van der Waals surface area contributed by atoms with E-state index in [9.17, 15) is 22.8 Å². The third-order valence-electron chi connectivity index (χ3n) is 4.89. The Balaban J connectivity index is 1.66. The Hall–Kier alpha value is -2.58. The number of piperidine rings is 1. The van der Waals surface area contributed by atoms with Crippen LogP contribution in [0.5, 0.6) is 0 Å². The van der Waals surface area contributed by atoms with Crippen molar-refractivity contribution < 1.29 is 18.0 Å². The number of rotatable bonds is 4. The highest BCUT2D eigenvalue weighted by Gasteiger charge is 2.34. The highest BCUT2D eigenvalue weighted by molar-refractivity contribution is 5.76. The summed E-state index contributed by atoms with van der Waals surface area (Å²) in [6, 6.07) is 7.48. The average molecular weight is 382 g/mol. The Labute approximate surface area is 154 Å². The lowest BCUT2D eigenvalue weighted by Crippen LogP contribution is -2.40. The van der Waals surface area contributed by atoms with E-state index in [0.717, 1.165) is 11.3 Å². The van der Waals surface area contributed by atoms with Gasteiger partial charge in [-0.15, -0.1) is 0 Å². The number of carbonyl (C=O) groups is 1. The number of nitrogens with zero attached hydrogens (tertiary/aromatic N) is 3. The molecule has 0 spiro atoms. The van der Waals surface area contributed by atoms with E-state index in [-0.39, 0.29) is 11.6 Å². The van der Waals surface area contributed by atoms with Gasteiger partial charge in [-0.3, -0.25) is 4.79 Å². The smallest absolute Gasteiger partial charge is 0.342 e. The maximum atomic E-state index is 12.4. The van der Waals surface area contributed by atoms with Crippen LogP contribution in [0.25, 0.3) is 5.69 Å². The number of likely N-dealkylation sites (tertiary alicyclic amines) is 1. The summed E-state index contributed by atoms with van der Waals surface area (Å²) in [5.41, 5.74) is 1.37. The molecule has 1 aliphatic rings. The number of aromatic amines is 1. The second-order valence-corrected chi connectivity index (χ2v) is 6.89. The molecule has 0 saturated carbocycles. The lowest BCUT2D eigenvalue weighted by atomic mass is 9.93. The van der Waals surface area contributed by atoms with Gasteiger partial charge in [-0.05, 0) is 37.3 Å². The molecule has 1 aromatic carbocycles. The summed E-state index contributed by atoms with van der Waals surface area (Å²) in [7, 11) is 0. The van der Waals surface area contributed by atoms with Gasteiger partial charge < -0.3 is 4.90 Å². The van der Waals surface area contributed by atoms with E-state index in [0.29, 0.717) is 38.2 Å². The van der Waals surface area contributed by atoms with Gasteiger partial charge in [0.15, 0.2) is 0 Å². The highest BCUT2D eigenvalue weighted by Crippen LogP contribution is 2.25. The number of hydrogen-bond donors (Lipinski definition) is 1. The van der Waals surface area contributed by atoms with Crippen molar-refractivity contribution in [1.82, 2.24) is 19.7 Å². The van der Waals surface area contributed by atoms with Crippen molar-refractivity contribution in [1.29, 1.82) is 0 Å². The van der Waals surface area contributed by atoms with Crippen molar-refractivity contribution in [2.45, 2.75) is 38.8 Å². The molecule has 6 nitrogen and oxygen atoms in total. The van der Waals surface area contributed by atoms with E-state index in [2.05, 4.69) is 10.2 Å². The Kier molecular flexibility index (Phi) is 5.38. The van der Waals surface area contributed by atoms with Crippen molar-refractivity contribution in [3.8, 4) is 5.69 Å². The SMILES string of the molecule is Cc1ccccc1-n1c(CC2CCN(C(=O)CC(F)(F)F)CC2)n[nH]c1=O. The standard InChI is InChI=1S/C18H21F3N4O2/c1-12-4-2-3-5-14(12)25-15(22-23-17(25)27)10-13-6-8-24(9-7-13)16(26)11-18(19,20)21/h2-5,13H,6-11H2,1H3,(H,23,27). The maximum absolute atomic E-state index is 12.4. The minimum atomic E-state index is -4.48. The monoisotopic (exact) mass is 382 g/mol. The molecule has 1 amide bonds. The fourth-order valence-electron chi connectivity index (χ4n) is 3.46. The number of alkyl halides is 3. The fraction of sp³-hybridized carbons (Fsp3) is 0.500. The van der Waals surface area contributed by atoms with Crippen molar-refractivity contribution >= 4 is 5.91 Å². The Morgan fingerprint density at radius 1 is 1.26 bits per heavy atom.